The summed E-state index contributed by atoms with van der Waals surface area (Å²) >= 11 is 3.43. The fourth-order valence-corrected chi connectivity index (χ4v) is 2.14. The Bertz CT molecular complexity index is 387. The van der Waals surface area contributed by atoms with Gasteiger partial charge in [-0.2, -0.15) is 5.10 Å². The highest BCUT2D eigenvalue weighted by Gasteiger charge is 2.17. The smallest absolute Gasteiger partial charge is 0.254 e. The number of hydrogen-bond acceptors (Lipinski definition) is 2. The van der Waals surface area contributed by atoms with E-state index in [0.29, 0.717) is 11.5 Å². The lowest BCUT2D eigenvalue weighted by molar-refractivity contribution is 0.0936. The van der Waals surface area contributed by atoms with E-state index in [2.05, 4.69) is 40.2 Å². The first-order chi connectivity index (χ1) is 7.95. The fraction of sp³-hybridized carbons (Fsp3) is 0.667. The van der Waals surface area contributed by atoms with E-state index in [1.54, 1.807) is 10.9 Å². The average Bonchev–Trinajstić information content (AvgIpc) is 2.58. The van der Waals surface area contributed by atoms with Gasteiger partial charge in [0.15, 0.2) is 0 Å². The first-order valence-electron chi connectivity index (χ1n) is 5.81. The van der Waals surface area contributed by atoms with Crippen molar-refractivity contribution in [1.82, 2.24) is 15.1 Å². The zero-order valence-electron chi connectivity index (χ0n) is 10.8. The molecule has 17 heavy (non-hydrogen) atoms. The highest BCUT2D eigenvalue weighted by Crippen LogP contribution is 2.10. The number of amides is 1. The van der Waals surface area contributed by atoms with Gasteiger partial charge in [0, 0.05) is 24.1 Å². The molecule has 1 heterocycles. The van der Waals surface area contributed by atoms with Crippen LogP contribution in [0.3, 0.4) is 0 Å². The fourth-order valence-electron chi connectivity index (χ4n) is 1.71. The first kappa shape index (κ1) is 14.2. The van der Waals surface area contributed by atoms with Gasteiger partial charge in [0.25, 0.3) is 5.91 Å². The van der Waals surface area contributed by atoms with E-state index in [1.807, 2.05) is 14.0 Å². The van der Waals surface area contributed by atoms with Crippen molar-refractivity contribution in [3.8, 4) is 0 Å². The Kier molecular flexibility index (Phi) is 5.18. The zero-order valence-corrected chi connectivity index (χ0v) is 12.4. The second-order valence-electron chi connectivity index (χ2n) is 4.72. The Hall–Kier alpha value is -0.840. The molecule has 0 radical (unpaired) electrons. The van der Waals surface area contributed by atoms with Crippen LogP contribution in [0.25, 0.3) is 0 Å². The molecule has 0 fully saturated rings. The van der Waals surface area contributed by atoms with Crippen LogP contribution < -0.4 is 5.32 Å². The van der Waals surface area contributed by atoms with Gasteiger partial charge in [-0.3, -0.25) is 9.48 Å². The molecule has 0 aliphatic heterocycles. The molecule has 1 amide bonds. The van der Waals surface area contributed by atoms with Crippen LogP contribution in [-0.4, -0.2) is 27.1 Å². The lowest BCUT2D eigenvalue weighted by Gasteiger charge is -2.18. The molecular formula is C12H20BrN3O. The number of hydrogen-bond donors (Lipinski definition) is 1. The third-order valence-electron chi connectivity index (χ3n) is 2.76. The Morgan fingerprint density at radius 3 is 2.65 bits per heavy atom. The van der Waals surface area contributed by atoms with Gasteiger partial charge in [0.2, 0.25) is 0 Å². The summed E-state index contributed by atoms with van der Waals surface area (Å²) in [5.74, 6) is 0.522. The number of carbonyl (C=O) groups excluding carboxylic acids is 1. The lowest BCUT2D eigenvalue weighted by Crippen LogP contribution is -2.37. The van der Waals surface area contributed by atoms with Gasteiger partial charge in [-0.25, -0.2) is 0 Å². The maximum absolute atomic E-state index is 12.0. The van der Waals surface area contributed by atoms with Crippen LogP contribution >= 0.6 is 15.9 Å². The molecule has 1 N–H and O–H groups in total. The zero-order chi connectivity index (χ0) is 13.0. The largest absolute Gasteiger partial charge is 0.348 e. The van der Waals surface area contributed by atoms with Crippen LogP contribution in [0.2, 0.25) is 0 Å². The summed E-state index contributed by atoms with van der Waals surface area (Å²) in [5.41, 5.74) is 1.54. The minimum absolute atomic E-state index is 0.0410. The number of nitrogens with zero attached hydrogens (tertiary/aromatic N) is 2. The average molecular weight is 302 g/mol. The molecule has 4 nitrogen and oxygen atoms in total. The topological polar surface area (TPSA) is 46.9 Å². The summed E-state index contributed by atoms with van der Waals surface area (Å²) in [5, 5.41) is 7.88. The Labute approximate surface area is 111 Å². The standard InChI is InChI=1S/C12H20BrN3O/c1-8(2)5-10(6-13)15-12(17)11-7-14-16(4)9(11)3/h7-8,10H,5-6H2,1-4H3,(H,15,17). The molecule has 1 aromatic heterocycles. The molecule has 1 rings (SSSR count). The Morgan fingerprint density at radius 1 is 1.59 bits per heavy atom. The second-order valence-corrected chi connectivity index (χ2v) is 5.37. The number of halogens is 1. The van der Waals surface area contributed by atoms with Crippen LogP contribution in [0.15, 0.2) is 6.20 Å². The molecule has 96 valence electrons. The molecule has 0 spiro atoms. The van der Waals surface area contributed by atoms with Crippen molar-refractivity contribution in [2.75, 3.05) is 5.33 Å². The maximum atomic E-state index is 12.0. The molecule has 1 atom stereocenters. The second kappa shape index (κ2) is 6.19. The predicted octanol–water partition coefficient (Wildman–Crippen LogP) is 2.27. The molecule has 1 unspecified atom stereocenters. The summed E-state index contributed by atoms with van der Waals surface area (Å²) in [6.45, 7) is 6.20. The number of rotatable bonds is 5. The third-order valence-corrected chi connectivity index (χ3v) is 3.54. The number of alkyl halides is 1. The van der Waals surface area contributed by atoms with Crippen molar-refractivity contribution in [1.29, 1.82) is 0 Å². The van der Waals surface area contributed by atoms with Crippen molar-refractivity contribution >= 4 is 21.8 Å². The van der Waals surface area contributed by atoms with Crippen molar-refractivity contribution < 1.29 is 4.79 Å². The predicted molar refractivity (Wildman–Crippen MR) is 72.4 cm³/mol. The summed E-state index contributed by atoms with van der Waals surface area (Å²) in [4.78, 5) is 12.0. The van der Waals surface area contributed by atoms with E-state index in [4.69, 9.17) is 0 Å². The van der Waals surface area contributed by atoms with Crippen LogP contribution in [-0.2, 0) is 7.05 Å². The summed E-state index contributed by atoms with van der Waals surface area (Å²) < 4.78 is 1.71. The monoisotopic (exact) mass is 301 g/mol. The summed E-state index contributed by atoms with van der Waals surface area (Å²) in [6, 6.07) is 0.169. The number of nitrogens with one attached hydrogen (secondary N) is 1. The van der Waals surface area contributed by atoms with Gasteiger partial charge >= 0.3 is 0 Å². The van der Waals surface area contributed by atoms with Gasteiger partial charge in [-0.05, 0) is 19.3 Å². The van der Waals surface area contributed by atoms with Gasteiger partial charge < -0.3 is 5.32 Å². The number of aromatic nitrogens is 2. The minimum atomic E-state index is -0.0410. The Morgan fingerprint density at radius 2 is 2.24 bits per heavy atom. The van der Waals surface area contributed by atoms with E-state index in [0.717, 1.165) is 17.4 Å². The Balaban J connectivity index is 2.68. The molecule has 0 aliphatic rings. The molecule has 0 saturated heterocycles. The SMILES string of the molecule is Cc1c(C(=O)NC(CBr)CC(C)C)cnn1C. The van der Waals surface area contributed by atoms with Gasteiger partial charge in [0.05, 0.1) is 11.8 Å². The van der Waals surface area contributed by atoms with Crippen molar-refractivity contribution in [3.63, 3.8) is 0 Å². The molecule has 0 aliphatic carbocycles. The highest BCUT2D eigenvalue weighted by atomic mass is 79.9. The molecule has 0 saturated carbocycles. The van der Waals surface area contributed by atoms with E-state index in [1.165, 1.54) is 0 Å². The molecular weight excluding hydrogens is 282 g/mol. The molecule has 1 aromatic rings. The van der Waals surface area contributed by atoms with E-state index in [-0.39, 0.29) is 11.9 Å². The minimum Gasteiger partial charge on any atom is -0.348 e. The van der Waals surface area contributed by atoms with Crippen LogP contribution in [0.5, 0.6) is 0 Å². The number of aryl methyl sites for hydroxylation is 1. The van der Waals surface area contributed by atoms with Gasteiger partial charge in [0.1, 0.15) is 0 Å². The molecule has 5 heteroatoms. The van der Waals surface area contributed by atoms with E-state index >= 15 is 0 Å². The van der Waals surface area contributed by atoms with E-state index in [9.17, 15) is 4.79 Å². The summed E-state index contributed by atoms with van der Waals surface area (Å²) in [6.07, 6.45) is 2.58. The summed E-state index contributed by atoms with van der Waals surface area (Å²) in [7, 11) is 1.84. The number of carbonyl (C=O) groups is 1. The molecule has 0 aromatic carbocycles. The van der Waals surface area contributed by atoms with Crippen LogP contribution in [0.4, 0.5) is 0 Å². The maximum Gasteiger partial charge on any atom is 0.254 e. The van der Waals surface area contributed by atoms with Crippen LogP contribution in [0, 0.1) is 12.8 Å². The highest BCUT2D eigenvalue weighted by molar-refractivity contribution is 9.09. The van der Waals surface area contributed by atoms with Crippen molar-refractivity contribution in [3.05, 3.63) is 17.5 Å². The third kappa shape index (κ3) is 3.84. The van der Waals surface area contributed by atoms with Gasteiger partial charge in [-0.1, -0.05) is 29.8 Å². The first-order valence-corrected chi connectivity index (χ1v) is 6.93. The van der Waals surface area contributed by atoms with Crippen molar-refractivity contribution in [2.45, 2.75) is 33.2 Å². The van der Waals surface area contributed by atoms with Gasteiger partial charge in [-0.15, -0.1) is 0 Å². The van der Waals surface area contributed by atoms with Crippen LogP contribution in [0.1, 0.15) is 36.3 Å². The van der Waals surface area contributed by atoms with E-state index < -0.39 is 0 Å². The lowest BCUT2D eigenvalue weighted by atomic mass is 10.0. The normalized spacial score (nSPS) is 12.8. The quantitative estimate of drug-likeness (QED) is 0.848. The van der Waals surface area contributed by atoms with Crippen molar-refractivity contribution in [2.24, 2.45) is 13.0 Å². The molecule has 0 bridgehead atoms.